The second-order valence-electron chi connectivity index (χ2n) is 25.4. The van der Waals surface area contributed by atoms with E-state index in [0.717, 1.165) is 5.39 Å². The zero-order chi connectivity index (χ0) is 73.0. The number of aliphatic carboxylic acids is 1. The van der Waals surface area contributed by atoms with E-state index >= 15 is 0 Å². The number of sulfonamides is 1. The summed E-state index contributed by atoms with van der Waals surface area (Å²) in [7, 11) is 0.555. The van der Waals surface area contributed by atoms with Gasteiger partial charge in [-0.3, -0.25) is 38.4 Å². The van der Waals surface area contributed by atoms with Crippen LogP contribution in [-0.4, -0.2) is 213 Å². The first-order chi connectivity index (χ1) is 47.4. The van der Waals surface area contributed by atoms with Crippen molar-refractivity contribution in [1.29, 1.82) is 0 Å². The van der Waals surface area contributed by atoms with Gasteiger partial charge in [-0.2, -0.15) is 0 Å². The minimum atomic E-state index is -4.19. The lowest BCUT2D eigenvalue weighted by molar-refractivity contribution is -0.140. The first-order valence-electron chi connectivity index (χ1n) is 32.8. The van der Waals surface area contributed by atoms with Gasteiger partial charge >= 0.3 is 24.1 Å². The third-order valence-electron chi connectivity index (χ3n) is 16.0. The predicted octanol–water partition coefficient (Wildman–Crippen LogP) is 4.71. The number of pyridine rings is 1. The number of hydrogen-bond donors (Lipinski definition) is 12. The summed E-state index contributed by atoms with van der Waals surface area (Å²) in [4.78, 5) is 135. The molecule has 1 aliphatic rings. The Kier molecular flexibility index (Phi) is 27.8. The van der Waals surface area contributed by atoms with Crippen molar-refractivity contribution in [3.63, 3.8) is 0 Å². The number of nitrogens with zero attached hydrogens (tertiary/aromatic N) is 7. The first-order valence-corrected chi connectivity index (χ1v) is 35.6. The van der Waals surface area contributed by atoms with Crippen LogP contribution in [0.3, 0.4) is 0 Å². The van der Waals surface area contributed by atoms with Gasteiger partial charge in [-0.25, -0.2) is 32.8 Å². The normalized spacial score (nSPS) is 14.1. The van der Waals surface area contributed by atoms with Crippen molar-refractivity contribution in [3.8, 4) is 0 Å². The van der Waals surface area contributed by atoms with Crippen LogP contribution in [0.25, 0.3) is 21.9 Å². The Morgan fingerprint density at radius 1 is 0.780 bits per heavy atom. The quantitative estimate of drug-likeness (QED) is 0.0240. The van der Waals surface area contributed by atoms with E-state index < -0.39 is 115 Å². The molecule has 33 heteroatoms. The number of imidazole rings is 1. The van der Waals surface area contributed by atoms with Crippen molar-refractivity contribution in [2.45, 2.75) is 121 Å². The molecule has 3 heterocycles. The fourth-order valence-electron chi connectivity index (χ4n) is 10.9. The van der Waals surface area contributed by atoms with Crippen molar-refractivity contribution in [1.82, 2.24) is 55.4 Å². The Labute approximate surface area is 583 Å². The third-order valence-corrected chi connectivity index (χ3v) is 18.7. The number of ether oxygens (including phenoxy) is 1. The number of nitrogens with one attached hydrogen (secondary N) is 9. The van der Waals surface area contributed by atoms with Crippen molar-refractivity contribution >= 4 is 124 Å². The van der Waals surface area contributed by atoms with Gasteiger partial charge < -0.3 is 82.5 Å². The molecule has 4 aromatic carbocycles. The lowest BCUT2D eigenvalue weighted by atomic mass is 10.0. The van der Waals surface area contributed by atoms with Crippen LogP contribution in [0.4, 0.5) is 43.0 Å². The van der Waals surface area contributed by atoms with Crippen LogP contribution in [0.2, 0.25) is 6.04 Å². The molecule has 0 spiro atoms. The minimum absolute atomic E-state index is 0.0859. The van der Waals surface area contributed by atoms with Crippen LogP contribution in [0.1, 0.15) is 84.7 Å². The number of carbonyl (C=O) groups is 9. The van der Waals surface area contributed by atoms with E-state index in [4.69, 9.17) is 20.4 Å². The van der Waals surface area contributed by atoms with E-state index in [0.29, 0.717) is 85.9 Å². The molecule has 7 rings (SSSR count). The van der Waals surface area contributed by atoms with E-state index in [1.165, 1.54) is 70.5 Å². The first kappa shape index (κ1) is 77.5. The highest BCUT2D eigenvalue weighted by Crippen LogP contribution is 2.33. The fourth-order valence-corrected chi connectivity index (χ4v) is 13.0. The van der Waals surface area contributed by atoms with Crippen molar-refractivity contribution in [2.75, 3.05) is 99.6 Å². The zero-order valence-electron chi connectivity index (χ0n) is 57.6. The fraction of sp³-hybridized carbons (Fsp3) is 0.448. The molecule has 100 heavy (non-hydrogen) atoms. The topological polar surface area (TPSA) is 415 Å². The second kappa shape index (κ2) is 35.8. The summed E-state index contributed by atoms with van der Waals surface area (Å²) >= 11 is 0. The largest absolute Gasteiger partial charge is 0.481 e. The average Bonchev–Trinajstić information content (AvgIpc) is 1.58. The SMILES string of the molecule is CCCNC(=O)Nc1cccc(S(=O)(=O)Nc2cccc([C@@H](CC(=O)O)NC(=O)Nc3ccc(NC(=O)N(C)CCN(C)CCN(C)CC(=O)N[C@@H]([Si]CC(N)=O)C(=O)N4CCC[C@H]4C(=O)N[C@H](C(=O)Nc4nc5ccccc5c5c4nc(COCC)n5CC(C)(C)O)C(C)C)cc3)c2)c1. The highest BCUT2D eigenvalue weighted by atomic mass is 32.2. The Hall–Kier alpha value is -9.80. The Morgan fingerprint density at radius 3 is 2.13 bits per heavy atom. The van der Waals surface area contributed by atoms with Crippen LogP contribution in [-0.2, 0) is 56.7 Å². The molecule has 1 fully saturated rings. The Bertz CT molecular complexity index is 4020. The summed E-state index contributed by atoms with van der Waals surface area (Å²) < 4.78 is 36.9. The Morgan fingerprint density at radius 2 is 1.45 bits per heavy atom. The van der Waals surface area contributed by atoms with Gasteiger partial charge in [0, 0.05) is 87.1 Å². The Balaban J connectivity index is 0.866. The van der Waals surface area contributed by atoms with Gasteiger partial charge in [-0.1, -0.05) is 57.2 Å². The monoisotopic (exact) mass is 1420 g/mol. The number of amides is 11. The number of fused-ring (bicyclic) bond motifs is 3. The molecule has 0 aliphatic carbocycles. The van der Waals surface area contributed by atoms with Crippen LogP contribution in [0, 0.1) is 5.92 Å². The summed E-state index contributed by atoms with van der Waals surface area (Å²) in [6, 6.07) is 20.0. The number of likely N-dealkylation sites (N-methyl/N-ethyl adjacent to an activating group) is 3. The number of rotatable bonds is 35. The third kappa shape index (κ3) is 22.6. The van der Waals surface area contributed by atoms with Gasteiger partial charge in [-0.15, -0.1) is 0 Å². The van der Waals surface area contributed by atoms with Gasteiger partial charge in [0.05, 0.1) is 62.3 Å². The van der Waals surface area contributed by atoms with E-state index in [1.54, 1.807) is 64.9 Å². The zero-order valence-corrected chi connectivity index (χ0v) is 59.5. The van der Waals surface area contributed by atoms with Crippen molar-refractivity contribution in [3.05, 3.63) is 108 Å². The van der Waals surface area contributed by atoms with E-state index in [9.17, 15) is 61.8 Å². The number of primary amides is 1. The molecule has 538 valence electrons. The highest BCUT2D eigenvalue weighted by molar-refractivity contribution is 7.92. The lowest BCUT2D eigenvalue weighted by Crippen LogP contribution is -2.58. The molecule has 1 saturated heterocycles. The second-order valence-corrected chi connectivity index (χ2v) is 28.4. The van der Waals surface area contributed by atoms with Crippen LogP contribution >= 0.6 is 0 Å². The number of likely N-dealkylation sites (tertiary alicyclic amines) is 1. The smallest absolute Gasteiger partial charge is 0.321 e. The van der Waals surface area contributed by atoms with E-state index in [2.05, 4.69) is 47.3 Å². The number of carboxylic acid groups (broad SMARTS) is 1. The summed E-state index contributed by atoms with van der Waals surface area (Å²) in [5, 5.41) is 43.4. The predicted molar refractivity (Wildman–Crippen MR) is 380 cm³/mol. The van der Waals surface area contributed by atoms with Gasteiger partial charge in [-0.05, 0) is 126 Å². The number of benzene rings is 4. The molecular formula is C67H91N17O14SSi. The molecule has 2 aromatic heterocycles. The van der Waals surface area contributed by atoms with E-state index in [-0.39, 0.29) is 66.4 Å². The number of carbonyl (C=O) groups excluding carboxylic acids is 8. The highest BCUT2D eigenvalue weighted by Gasteiger charge is 2.40. The molecule has 0 unspecified atom stereocenters. The molecule has 1 aliphatic heterocycles. The maximum absolute atomic E-state index is 14.4. The van der Waals surface area contributed by atoms with Crippen molar-refractivity contribution < 1.29 is 66.5 Å². The lowest BCUT2D eigenvalue weighted by Gasteiger charge is -2.30. The molecule has 0 bridgehead atoms. The van der Waals surface area contributed by atoms with Crippen LogP contribution in [0.15, 0.2) is 102 Å². The average molecular weight is 1420 g/mol. The van der Waals surface area contributed by atoms with Crippen molar-refractivity contribution in [2.24, 2.45) is 11.7 Å². The summed E-state index contributed by atoms with van der Waals surface area (Å²) in [6.07, 6.45) is 0.884. The number of nitrogens with two attached hydrogens (primary N) is 1. The van der Waals surface area contributed by atoms with Gasteiger partial charge in [0.25, 0.3) is 10.0 Å². The number of urea groups is 3. The van der Waals surface area contributed by atoms with Gasteiger partial charge in [0.1, 0.15) is 30.0 Å². The number of anilines is 5. The molecule has 0 saturated carbocycles. The number of aliphatic hydroxyl groups is 1. The van der Waals surface area contributed by atoms with Gasteiger partial charge in [0.15, 0.2) is 5.82 Å². The number of aromatic nitrogens is 3. The number of carboxylic acids is 1. The summed E-state index contributed by atoms with van der Waals surface area (Å²) in [5.41, 5.74) is 6.08. The standard InChI is InChI=1S/C67H91N17O14SSi/c1-10-28-69-64(92)71-45-18-15-20-47(35-45)99(96,97)79-46-19-14-17-42(34-46)50(36-55(87)88)74-65(93)70-43-24-26-44(27-25-43)72-66(94)82(9)33-32-80(7)30-31-81(8)37-54(86)76-62(100-39-52(68)85)63(91)83-29-16-23-51(83)60(89)77-56(41(3)4)61(90)78-59-57-58(48-21-12-13-22-49(48)73-59)84(40-67(5,6)95)53(75-57)38-98-11-2/h12-15,17-22,24-27,34-35,41,50-51,56,62,79,95H,10-11,16,23,28-33,36-40H2,1-9H3,(H2,68,85)(H,72,94)(H,76,86)(H,77,89)(H,87,88)(H2,69,71,92)(H2,70,74,93)(H,73,78,90)/t50-,51+,56+,62+/m1/s1. The summed E-state index contributed by atoms with van der Waals surface area (Å²) in [6.45, 7) is 13.5. The van der Waals surface area contributed by atoms with Crippen LogP contribution < -0.4 is 53.0 Å². The maximum Gasteiger partial charge on any atom is 0.321 e. The number of para-hydroxylation sites is 1. The molecule has 11 amide bonds. The maximum atomic E-state index is 14.4. The molecule has 4 atom stereocenters. The minimum Gasteiger partial charge on any atom is -0.481 e. The van der Waals surface area contributed by atoms with E-state index in [1.807, 2.05) is 48.6 Å². The van der Waals surface area contributed by atoms with Gasteiger partial charge in [0.2, 0.25) is 29.5 Å². The number of hydrogen-bond acceptors (Lipinski definition) is 17. The summed E-state index contributed by atoms with van der Waals surface area (Å²) in [5.74, 6) is -3.93. The molecule has 13 N–H and O–H groups in total. The molecule has 31 nitrogen and oxygen atoms in total. The molecule has 6 aromatic rings. The molecular weight excluding hydrogens is 1330 g/mol. The molecule has 2 radical (unpaired) electrons. The van der Waals surface area contributed by atoms with Crippen LogP contribution in [0.5, 0.6) is 0 Å².